The lowest BCUT2D eigenvalue weighted by Crippen LogP contribution is -2.34. The number of nitrogens with one attached hydrogen (secondary N) is 1. The summed E-state index contributed by atoms with van der Waals surface area (Å²) in [6.45, 7) is 3.52. The van der Waals surface area contributed by atoms with Gasteiger partial charge in [0.05, 0.1) is 22.9 Å². The van der Waals surface area contributed by atoms with Crippen molar-refractivity contribution < 1.29 is 18.7 Å². The zero-order valence-corrected chi connectivity index (χ0v) is 23.8. The van der Waals surface area contributed by atoms with E-state index in [1.807, 2.05) is 42.5 Å². The fourth-order valence-corrected chi connectivity index (χ4v) is 6.42. The Hall–Kier alpha value is -4.08. The summed E-state index contributed by atoms with van der Waals surface area (Å²) in [6.07, 6.45) is 2.80. The summed E-state index contributed by atoms with van der Waals surface area (Å²) in [5, 5.41) is 2.74. The van der Waals surface area contributed by atoms with E-state index in [-0.39, 0.29) is 17.5 Å². The molecule has 0 saturated heterocycles. The number of para-hydroxylation sites is 2. The Morgan fingerprint density at radius 2 is 1.93 bits per heavy atom. The van der Waals surface area contributed by atoms with Crippen molar-refractivity contribution in [1.82, 2.24) is 4.98 Å². The first kappa shape index (κ1) is 27.1. The number of nitrogens with zero attached hydrogens (tertiary/aromatic N) is 3. The van der Waals surface area contributed by atoms with Gasteiger partial charge in [-0.05, 0) is 67.6 Å². The van der Waals surface area contributed by atoms with E-state index >= 15 is 0 Å². The number of aryl methyl sites for hydroxylation is 1. The molecule has 1 aliphatic carbocycles. The molecule has 2 aromatic carbocycles. The molecule has 1 saturated carbocycles. The number of rotatable bonds is 8. The van der Waals surface area contributed by atoms with Crippen LogP contribution in [0, 0.1) is 12.7 Å². The summed E-state index contributed by atoms with van der Waals surface area (Å²) in [4.78, 5) is 37.3. The molecule has 1 aliphatic heterocycles. The van der Waals surface area contributed by atoms with Gasteiger partial charge in [-0.2, -0.15) is 0 Å². The standard InChI is InChI=1S/C32H31FN4O3S/c1-20-7-5-9-24(33)29(20)35-31(38)27-19-21-15-16-37(26-11-4-3-8-23(26)30(21)41-27)32(39)25-10-6-12-28(34-25)36(17-18-40-2)22-13-14-22/h3-12,19,22H,13-18H2,1-2H3,(H,35,38). The van der Waals surface area contributed by atoms with Gasteiger partial charge < -0.3 is 19.9 Å². The Morgan fingerprint density at radius 3 is 2.71 bits per heavy atom. The van der Waals surface area contributed by atoms with Crippen LogP contribution in [-0.4, -0.2) is 49.6 Å². The zero-order chi connectivity index (χ0) is 28.5. The number of halogens is 1. The number of methoxy groups -OCH3 is 1. The minimum atomic E-state index is -0.465. The topological polar surface area (TPSA) is 74.8 Å². The molecule has 2 aliphatic rings. The Morgan fingerprint density at radius 1 is 1.12 bits per heavy atom. The van der Waals surface area contributed by atoms with Gasteiger partial charge in [-0.15, -0.1) is 11.3 Å². The van der Waals surface area contributed by atoms with Crippen molar-refractivity contribution in [2.45, 2.75) is 32.2 Å². The highest BCUT2D eigenvalue weighted by atomic mass is 32.1. The van der Waals surface area contributed by atoms with Gasteiger partial charge in [0.2, 0.25) is 0 Å². The van der Waals surface area contributed by atoms with E-state index in [2.05, 4.69) is 10.2 Å². The number of carbonyl (C=O) groups excluding carboxylic acids is 2. The van der Waals surface area contributed by atoms with Gasteiger partial charge >= 0.3 is 0 Å². The lowest BCUT2D eigenvalue weighted by atomic mass is 10.1. The summed E-state index contributed by atoms with van der Waals surface area (Å²) in [5.41, 5.74) is 3.89. The molecule has 9 heteroatoms. The molecule has 7 nitrogen and oxygen atoms in total. The van der Waals surface area contributed by atoms with Crippen molar-refractivity contribution in [1.29, 1.82) is 0 Å². The summed E-state index contributed by atoms with van der Waals surface area (Å²) in [7, 11) is 1.69. The molecule has 3 heterocycles. The van der Waals surface area contributed by atoms with Crippen molar-refractivity contribution in [2.24, 2.45) is 0 Å². The maximum absolute atomic E-state index is 14.4. The smallest absolute Gasteiger partial charge is 0.276 e. The van der Waals surface area contributed by atoms with Gasteiger partial charge in [-0.25, -0.2) is 9.37 Å². The van der Waals surface area contributed by atoms with Crippen molar-refractivity contribution >= 4 is 40.3 Å². The van der Waals surface area contributed by atoms with Crippen molar-refractivity contribution in [3.8, 4) is 10.4 Å². The highest BCUT2D eigenvalue weighted by Crippen LogP contribution is 2.42. The van der Waals surface area contributed by atoms with Crippen LogP contribution in [-0.2, 0) is 11.2 Å². The van der Waals surface area contributed by atoms with Crippen LogP contribution in [0.5, 0.6) is 0 Å². The largest absolute Gasteiger partial charge is 0.383 e. The number of aromatic nitrogens is 1. The van der Waals surface area contributed by atoms with E-state index in [4.69, 9.17) is 9.72 Å². The van der Waals surface area contributed by atoms with E-state index in [0.717, 1.165) is 46.9 Å². The fraction of sp³-hybridized carbons (Fsp3) is 0.281. The molecule has 0 radical (unpaired) electrons. The van der Waals surface area contributed by atoms with Gasteiger partial charge in [0.1, 0.15) is 17.3 Å². The number of hydrogen-bond acceptors (Lipinski definition) is 6. The van der Waals surface area contributed by atoms with Crippen LogP contribution in [0.3, 0.4) is 0 Å². The number of pyridine rings is 1. The number of ether oxygens (including phenoxy) is 1. The first-order chi connectivity index (χ1) is 19.9. The molecule has 41 heavy (non-hydrogen) atoms. The third kappa shape index (κ3) is 5.47. The number of fused-ring (bicyclic) bond motifs is 3. The molecule has 0 spiro atoms. The summed E-state index contributed by atoms with van der Waals surface area (Å²) in [5.74, 6) is -0.188. The minimum Gasteiger partial charge on any atom is -0.383 e. The number of thiophene rings is 1. The van der Waals surface area contributed by atoms with E-state index in [1.165, 1.54) is 17.4 Å². The average Bonchev–Trinajstić information content (AvgIpc) is 3.76. The second-order valence-electron chi connectivity index (χ2n) is 10.4. The molecule has 0 unspecified atom stereocenters. The quantitative estimate of drug-likeness (QED) is 0.268. The molecular weight excluding hydrogens is 539 g/mol. The Bertz CT molecular complexity index is 1600. The number of anilines is 3. The predicted octanol–water partition coefficient (Wildman–Crippen LogP) is 6.33. The van der Waals surface area contributed by atoms with Gasteiger partial charge in [-0.3, -0.25) is 9.59 Å². The van der Waals surface area contributed by atoms with Crippen molar-refractivity contribution in [3.05, 3.63) is 94.2 Å². The van der Waals surface area contributed by atoms with Crippen LogP contribution < -0.4 is 15.1 Å². The van der Waals surface area contributed by atoms with Crippen LogP contribution >= 0.6 is 11.3 Å². The predicted molar refractivity (Wildman–Crippen MR) is 161 cm³/mol. The normalized spacial score (nSPS) is 14.2. The third-order valence-corrected chi connectivity index (χ3v) is 8.76. The average molecular weight is 571 g/mol. The molecule has 1 fully saturated rings. The van der Waals surface area contributed by atoms with Crippen LogP contribution in [0.1, 0.15) is 44.1 Å². The Labute approximate surface area is 242 Å². The summed E-state index contributed by atoms with van der Waals surface area (Å²) in [6, 6.07) is 20.4. The van der Waals surface area contributed by atoms with Gasteiger partial charge in [0, 0.05) is 36.7 Å². The highest BCUT2D eigenvalue weighted by Gasteiger charge is 2.32. The van der Waals surface area contributed by atoms with Gasteiger partial charge in [0.25, 0.3) is 11.8 Å². The molecule has 2 aromatic heterocycles. The van der Waals surface area contributed by atoms with Crippen LogP contribution in [0.25, 0.3) is 10.4 Å². The third-order valence-electron chi connectivity index (χ3n) is 7.55. The molecule has 6 rings (SSSR count). The second kappa shape index (κ2) is 11.4. The summed E-state index contributed by atoms with van der Waals surface area (Å²) >= 11 is 1.36. The van der Waals surface area contributed by atoms with Crippen molar-refractivity contribution in [2.75, 3.05) is 41.9 Å². The lowest BCUT2D eigenvalue weighted by molar-refractivity contribution is 0.0981. The lowest BCUT2D eigenvalue weighted by Gasteiger charge is -2.25. The Kier molecular flexibility index (Phi) is 7.55. The molecule has 2 amide bonds. The molecule has 1 N–H and O–H groups in total. The van der Waals surface area contributed by atoms with E-state index in [0.29, 0.717) is 41.7 Å². The Balaban J connectivity index is 1.28. The fourth-order valence-electron chi connectivity index (χ4n) is 5.29. The maximum atomic E-state index is 14.4. The van der Waals surface area contributed by atoms with Gasteiger partial charge in [0.15, 0.2) is 0 Å². The monoisotopic (exact) mass is 570 g/mol. The molecule has 0 bridgehead atoms. The van der Waals surface area contributed by atoms with Crippen LogP contribution in [0.2, 0.25) is 0 Å². The van der Waals surface area contributed by atoms with Crippen molar-refractivity contribution in [3.63, 3.8) is 0 Å². The first-order valence-corrected chi connectivity index (χ1v) is 14.6. The van der Waals surface area contributed by atoms with E-state index in [9.17, 15) is 14.0 Å². The molecular formula is C32H31FN4O3S. The number of hydrogen-bond donors (Lipinski definition) is 1. The van der Waals surface area contributed by atoms with E-state index < -0.39 is 5.82 Å². The van der Waals surface area contributed by atoms with E-state index in [1.54, 1.807) is 37.1 Å². The molecule has 4 aromatic rings. The number of amides is 2. The van der Waals surface area contributed by atoms with Crippen LogP contribution in [0.4, 0.5) is 21.6 Å². The minimum absolute atomic E-state index is 0.162. The second-order valence-corrected chi connectivity index (χ2v) is 11.4. The summed E-state index contributed by atoms with van der Waals surface area (Å²) < 4.78 is 19.7. The van der Waals surface area contributed by atoms with Crippen LogP contribution in [0.15, 0.2) is 66.7 Å². The van der Waals surface area contributed by atoms with Gasteiger partial charge in [-0.1, -0.05) is 36.4 Å². The first-order valence-electron chi connectivity index (χ1n) is 13.8. The zero-order valence-electron chi connectivity index (χ0n) is 23.0. The molecule has 0 atom stereocenters. The maximum Gasteiger partial charge on any atom is 0.276 e. The highest BCUT2D eigenvalue weighted by molar-refractivity contribution is 7.17. The SMILES string of the molecule is COCCN(c1cccc(C(=O)N2CCc3cc(C(=O)Nc4c(C)cccc4F)sc3-c3ccccc32)n1)C1CC1. The number of benzene rings is 2. The molecule has 210 valence electrons. The number of carbonyl (C=O) groups is 2.